The molecule has 5 nitrogen and oxygen atoms in total. The number of esters is 1. The maximum Gasteiger partial charge on any atom is 0.336 e. The summed E-state index contributed by atoms with van der Waals surface area (Å²) in [5.74, 6) is -0.667. The zero-order valence-corrected chi connectivity index (χ0v) is 18.3. The average molecular weight is 439 g/mol. The van der Waals surface area contributed by atoms with Gasteiger partial charge in [-0.15, -0.1) is 0 Å². The van der Waals surface area contributed by atoms with E-state index in [1.807, 2.05) is 60.7 Å². The Morgan fingerprint density at radius 3 is 2.03 bits per heavy atom. The number of benzene rings is 3. The van der Waals surface area contributed by atoms with E-state index < -0.39 is 22.2 Å². The molecule has 0 radical (unpaired) electrons. The molecule has 0 spiro atoms. The van der Waals surface area contributed by atoms with Crippen molar-refractivity contribution in [3.05, 3.63) is 90.5 Å². The monoisotopic (exact) mass is 438 g/mol. The number of carbonyl (C=O) groups is 1. The van der Waals surface area contributed by atoms with Crippen molar-refractivity contribution in [2.45, 2.75) is 37.2 Å². The number of aryl methyl sites for hydroxylation is 1. The van der Waals surface area contributed by atoms with Gasteiger partial charge in [-0.05, 0) is 55.0 Å². The molecule has 0 amide bonds. The number of ether oxygens (including phenoxy) is 1. The van der Waals surface area contributed by atoms with E-state index in [1.54, 1.807) is 19.1 Å². The van der Waals surface area contributed by atoms with Crippen LogP contribution in [0.2, 0.25) is 0 Å². The van der Waals surface area contributed by atoms with E-state index in [9.17, 15) is 13.2 Å². The summed E-state index contributed by atoms with van der Waals surface area (Å²) in [5.41, 5.74) is 2.99. The molecule has 1 atom stereocenters. The number of carbonyl (C=O) groups excluding carboxylic acids is 1. The van der Waals surface area contributed by atoms with Crippen LogP contribution in [0.15, 0.2) is 89.8 Å². The molecule has 0 aliphatic heterocycles. The van der Waals surface area contributed by atoms with Crippen molar-refractivity contribution in [3.8, 4) is 11.1 Å². The molecular formula is C25H26O5S. The van der Waals surface area contributed by atoms with Crippen molar-refractivity contribution in [3.63, 3.8) is 0 Å². The van der Waals surface area contributed by atoms with Gasteiger partial charge in [-0.25, -0.2) is 4.79 Å². The molecule has 0 fully saturated rings. The van der Waals surface area contributed by atoms with Gasteiger partial charge in [0.25, 0.3) is 10.1 Å². The zero-order chi connectivity index (χ0) is 22.1. The first-order valence-corrected chi connectivity index (χ1v) is 11.7. The molecule has 3 rings (SSSR count). The molecule has 0 bridgehead atoms. The molecule has 3 aromatic rings. The number of hydrogen-bond acceptors (Lipinski definition) is 5. The topological polar surface area (TPSA) is 69.7 Å². The van der Waals surface area contributed by atoms with Gasteiger partial charge in [0.2, 0.25) is 0 Å². The van der Waals surface area contributed by atoms with Gasteiger partial charge in [-0.2, -0.15) is 8.42 Å². The van der Waals surface area contributed by atoms with Gasteiger partial charge in [0.15, 0.2) is 6.10 Å². The quantitative estimate of drug-likeness (QED) is 0.329. The molecule has 0 aliphatic rings. The Kier molecular flexibility index (Phi) is 7.98. The van der Waals surface area contributed by atoms with Crippen LogP contribution in [-0.2, 0) is 30.3 Å². The first-order valence-electron chi connectivity index (χ1n) is 10.3. The largest absolute Gasteiger partial charge is 0.464 e. The lowest BCUT2D eigenvalue weighted by Crippen LogP contribution is -2.29. The van der Waals surface area contributed by atoms with Crippen LogP contribution >= 0.6 is 0 Å². The summed E-state index contributed by atoms with van der Waals surface area (Å²) >= 11 is 0. The molecule has 3 aromatic carbocycles. The van der Waals surface area contributed by atoms with Crippen LogP contribution < -0.4 is 0 Å². The minimum absolute atomic E-state index is 0.00420. The van der Waals surface area contributed by atoms with Crippen molar-refractivity contribution in [2.75, 3.05) is 6.61 Å². The van der Waals surface area contributed by atoms with E-state index >= 15 is 0 Å². The van der Waals surface area contributed by atoms with Crippen LogP contribution in [-0.4, -0.2) is 27.1 Å². The molecule has 162 valence electrons. The molecule has 6 heteroatoms. The van der Waals surface area contributed by atoms with Crippen LogP contribution in [0.1, 0.15) is 25.3 Å². The van der Waals surface area contributed by atoms with Crippen molar-refractivity contribution in [1.29, 1.82) is 0 Å². The van der Waals surface area contributed by atoms with Gasteiger partial charge in [-0.1, -0.05) is 72.8 Å². The van der Waals surface area contributed by atoms with E-state index in [1.165, 1.54) is 12.1 Å². The van der Waals surface area contributed by atoms with Gasteiger partial charge >= 0.3 is 5.97 Å². The van der Waals surface area contributed by atoms with Crippen molar-refractivity contribution >= 4 is 16.1 Å². The predicted molar refractivity (Wildman–Crippen MR) is 120 cm³/mol. The Hall–Kier alpha value is -2.96. The standard InChI is InChI=1S/C25H26O5S/c1-2-29-25(26)24(15-9-12-20-10-5-3-6-11-20)30-31(27,28)23-18-16-22(17-19-23)21-13-7-4-8-14-21/h3-8,10-11,13-14,16-19,24H,2,9,12,15H2,1H3/t24-/m1/s1. The summed E-state index contributed by atoms with van der Waals surface area (Å²) in [4.78, 5) is 12.3. The maximum atomic E-state index is 12.8. The van der Waals surface area contributed by atoms with E-state index in [0.29, 0.717) is 12.8 Å². The van der Waals surface area contributed by atoms with Crippen LogP contribution in [0, 0.1) is 0 Å². The summed E-state index contributed by atoms with van der Waals surface area (Å²) < 4.78 is 36.0. The second-order valence-electron chi connectivity index (χ2n) is 7.06. The first-order chi connectivity index (χ1) is 15.0. The van der Waals surface area contributed by atoms with E-state index in [2.05, 4.69) is 0 Å². The molecule has 0 heterocycles. The minimum atomic E-state index is -4.12. The maximum absolute atomic E-state index is 12.8. The Bertz CT molecular complexity index is 1060. The highest BCUT2D eigenvalue weighted by Gasteiger charge is 2.28. The van der Waals surface area contributed by atoms with Crippen molar-refractivity contribution in [1.82, 2.24) is 0 Å². The summed E-state index contributed by atoms with van der Waals surface area (Å²) in [6.45, 7) is 1.83. The molecule has 0 N–H and O–H groups in total. The second-order valence-corrected chi connectivity index (χ2v) is 8.63. The van der Waals surface area contributed by atoms with E-state index in [4.69, 9.17) is 8.92 Å². The van der Waals surface area contributed by atoms with Gasteiger partial charge in [0.05, 0.1) is 11.5 Å². The third-order valence-corrected chi connectivity index (χ3v) is 6.15. The summed E-state index contributed by atoms with van der Waals surface area (Å²) in [6.07, 6.45) is 0.374. The molecule has 0 aromatic heterocycles. The second kappa shape index (κ2) is 10.9. The van der Waals surface area contributed by atoms with Gasteiger partial charge in [0, 0.05) is 0 Å². The highest BCUT2D eigenvalue weighted by Crippen LogP contribution is 2.23. The summed E-state index contributed by atoms with van der Waals surface area (Å²) in [6, 6.07) is 25.9. The predicted octanol–water partition coefficient (Wildman–Crippen LogP) is 5.01. The fraction of sp³-hybridized carbons (Fsp3) is 0.240. The van der Waals surface area contributed by atoms with Crippen LogP contribution in [0.4, 0.5) is 0 Å². The minimum Gasteiger partial charge on any atom is -0.464 e. The van der Waals surface area contributed by atoms with E-state index in [0.717, 1.165) is 16.7 Å². The number of rotatable bonds is 10. The first kappa shape index (κ1) is 22.7. The van der Waals surface area contributed by atoms with Crippen LogP contribution in [0.25, 0.3) is 11.1 Å². The zero-order valence-electron chi connectivity index (χ0n) is 17.4. The van der Waals surface area contributed by atoms with Crippen molar-refractivity contribution < 1.29 is 22.1 Å². The van der Waals surface area contributed by atoms with E-state index in [-0.39, 0.29) is 17.9 Å². The molecule has 0 saturated heterocycles. The average Bonchev–Trinajstić information content (AvgIpc) is 2.80. The summed E-state index contributed by atoms with van der Waals surface area (Å²) in [7, 11) is -4.12. The Morgan fingerprint density at radius 1 is 0.839 bits per heavy atom. The third kappa shape index (κ3) is 6.51. The molecule has 31 heavy (non-hydrogen) atoms. The smallest absolute Gasteiger partial charge is 0.336 e. The molecule has 0 aliphatic carbocycles. The highest BCUT2D eigenvalue weighted by atomic mass is 32.2. The van der Waals surface area contributed by atoms with Crippen LogP contribution in [0.3, 0.4) is 0 Å². The van der Waals surface area contributed by atoms with Crippen LogP contribution in [0.5, 0.6) is 0 Å². The number of hydrogen-bond donors (Lipinski definition) is 0. The molecule has 0 saturated carbocycles. The lowest BCUT2D eigenvalue weighted by Gasteiger charge is -2.16. The lowest BCUT2D eigenvalue weighted by molar-refractivity contribution is -0.151. The van der Waals surface area contributed by atoms with Gasteiger partial charge < -0.3 is 4.74 Å². The fourth-order valence-corrected chi connectivity index (χ4v) is 4.29. The fourth-order valence-electron chi connectivity index (χ4n) is 3.23. The van der Waals surface area contributed by atoms with Crippen molar-refractivity contribution in [2.24, 2.45) is 0 Å². The molecule has 0 unspecified atom stereocenters. The normalized spacial score (nSPS) is 12.3. The third-order valence-electron chi connectivity index (χ3n) is 4.82. The Morgan fingerprint density at radius 2 is 1.42 bits per heavy atom. The highest BCUT2D eigenvalue weighted by molar-refractivity contribution is 7.86. The van der Waals surface area contributed by atoms with Gasteiger partial charge in [-0.3, -0.25) is 4.18 Å². The van der Waals surface area contributed by atoms with Gasteiger partial charge in [0.1, 0.15) is 0 Å². The lowest BCUT2D eigenvalue weighted by atomic mass is 10.1. The Labute approximate surface area is 183 Å². The SMILES string of the molecule is CCOC(=O)[C@@H](CCCc1ccccc1)OS(=O)(=O)c1ccc(-c2ccccc2)cc1. The molecular weight excluding hydrogens is 412 g/mol. The Balaban J connectivity index is 1.70. The summed E-state index contributed by atoms with van der Waals surface area (Å²) in [5, 5.41) is 0.